The lowest BCUT2D eigenvalue weighted by Crippen LogP contribution is -2.45. The first-order valence-electron chi connectivity index (χ1n) is 8.48. The summed E-state index contributed by atoms with van der Waals surface area (Å²) in [6.07, 6.45) is 5.38. The molecule has 1 aliphatic carbocycles. The van der Waals surface area contributed by atoms with Gasteiger partial charge in [0.2, 0.25) is 0 Å². The lowest BCUT2D eigenvalue weighted by Gasteiger charge is -2.28. The van der Waals surface area contributed by atoms with Gasteiger partial charge in [0.05, 0.1) is 6.10 Å². The largest absolute Gasteiger partial charge is 0.393 e. The van der Waals surface area contributed by atoms with Gasteiger partial charge in [0.1, 0.15) is 0 Å². The average molecular weight is 302 g/mol. The van der Waals surface area contributed by atoms with E-state index in [2.05, 4.69) is 29.6 Å². The molecule has 120 valence electrons. The number of benzene rings is 1. The predicted molar refractivity (Wildman–Crippen MR) is 86.6 cm³/mol. The van der Waals surface area contributed by atoms with Crippen LogP contribution in [0.2, 0.25) is 0 Å². The van der Waals surface area contributed by atoms with Crippen LogP contribution in [-0.2, 0) is 6.42 Å². The number of carbonyl (C=O) groups excluding carboxylic acids is 1. The van der Waals surface area contributed by atoms with Crippen LogP contribution in [0.15, 0.2) is 30.3 Å². The summed E-state index contributed by atoms with van der Waals surface area (Å²) in [7, 11) is 0. The number of amides is 2. The Morgan fingerprint density at radius 2 is 1.86 bits per heavy atom. The molecule has 2 fully saturated rings. The van der Waals surface area contributed by atoms with Crippen LogP contribution < -0.4 is 5.32 Å². The Hall–Kier alpha value is -1.55. The number of aliphatic hydroxyl groups excluding tert-OH is 1. The number of rotatable bonds is 3. The topological polar surface area (TPSA) is 52.6 Å². The molecule has 1 aromatic rings. The fourth-order valence-electron chi connectivity index (χ4n) is 3.62. The molecule has 1 saturated carbocycles. The molecule has 22 heavy (non-hydrogen) atoms. The second-order valence-electron chi connectivity index (χ2n) is 6.75. The highest BCUT2D eigenvalue weighted by molar-refractivity contribution is 5.74. The highest BCUT2D eigenvalue weighted by Crippen LogP contribution is 2.22. The molecule has 0 spiro atoms. The fraction of sp³-hybridized carbons (Fsp3) is 0.611. The Kier molecular flexibility index (Phi) is 4.98. The van der Waals surface area contributed by atoms with Crippen molar-refractivity contribution in [2.75, 3.05) is 13.1 Å². The molecule has 2 N–H and O–H groups in total. The standard InChI is InChI=1S/C18H26N2O2/c21-17-8-6-16(7-9-17)19-18(22)20-11-10-15(13-20)12-14-4-2-1-3-5-14/h1-5,15-17,21H,6-13H2,(H,19,22). The van der Waals surface area contributed by atoms with Crippen molar-refractivity contribution < 1.29 is 9.90 Å². The highest BCUT2D eigenvalue weighted by atomic mass is 16.3. The van der Waals surface area contributed by atoms with Gasteiger partial charge in [-0.3, -0.25) is 0 Å². The molecule has 0 radical (unpaired) electrons. The van der Waals surface area contributed by atoms with Crippen LogP contribution in [0, 0.1) is 5.92 Å². The summed E-state index contributed by atoms with van der Waals surface area (Å²) in [6, 6.07) is 10.8. The lowest BCUT2D eigenvalue weighted by atomic mass is 9.93. The van der Waals surface area contributed by atoms with Crippen LogP contribution in [0.3, 0.4) is 0 Å². The van der Waals surface area contributed by atoms with Crippen LogP contribution in [0.25, 0.3) is 0 Å². The monoisotopic (exact) mass is 302 g/mol. The first kappa shape index (κ1) is 15.3. The van der Waals surface area contributed by atoms with Gasteiger partial charge in [0.25, 0.3) is 0 Å². The summed E-state index contributed by atoms with van der Waals surface area (Å²) in [6.45, 7) is 1.72. The molecule has 1 atom stereocenters. The number of urea groups is 1. The lowest BCUT2D eigenvalue weighted by molar-refractivity contribution is 0.115. The molecule has 1 unspecified atom stereocenters. The van der Waals surface area contributed by atoms with Gasteiger partial charge in [-0.05, 0) is 50.0 Å². The van der Waals surface area contributed by atoms with E-state index >= 15 is 0 Å². The van der Waals surface area contributed by atoms with Gasteiger partial charge in [0, 0.05) is 19.1 Å². The third-order valence-electron chi connectivity index (χ3n) is 4.96. The van der Waals surface area contributed by atoms with Gasteiger partial charge >= 0.3 is 6.03 Å². The van der Waals surface area contributed by atoms with Gasteiger partial charge in [0.15, 0.2) is 0 Å². The van der Waals surface area contributed by atoms with Crippen molar-refractivity contribution in [1.29, 1.82) is 0 Å². The van der Waals surface area contributed by atoms with E-state index < -0.39 is 0 Å². The Labute approximate surface area is 132 Å². The molecule has 2 aliphatic rings. The zero-order chi connectivity index (χ0) is 15.4. The molecule has 0 bridgehead atoms. The number of nitrogens with zero attached hydrogens (tertiary/aromatic N) is 1. The Balaban J connectivity index is 1.44. The van der Waals surface area contributed by atoms with E-state index in [4.69, 9.17) is 0 Å². The van der Waals surface area contributed by atoms with Gasteiger partial charge in [-0.2, -0.15) is 0 Å². The van der Waals surface area contributed by atoms with Crippen molar-refractivity contribution >= 4 is 6.03 Å². The highest BCUT2D eigenvalue weighted by Gasteiger charge is 2.28. The second-order valence-corrected chi connectivity index (χ2v) is 6.75. The molecule has 3 rings (SSSR count). The van der Waals surface area contributed by atoms with Crippen molar-refractivity contribution in [1.82, 2.24) is 10.2 Å². The maximum Gasteiger partial charge on any atom is 0.317 e. The Bertz CT molecular complexity index is 483. The summed E-state index contributed by atoms with van der Waals surface area (Å²) >= 11 is 0. The summed E-state index contributed by atoms with van der Waals surface area (Å²) in [4.78, 5) is 14.3. The second kappa shape index (κ2) is 7.14. The minimum Gasteiger partial charge on any atom is -0.393 e. The smallest absolute Gasteiger partial charge is 0.317 e. The van der Waals surface area contributed by atoms with E-state index in [0.29, 0.717) is 5.92 Å². The summed E-state index contributed by atoms with van der Waals surface area (Å²) in [5.41, 5.74) is 1.36. The average Bonchev–Trinajstić information content (AvgIpc) is 2.99. The van der Waals surface area contributed by atoms with Gasteiger partial charge < -0.3 is 15.3 Å². The maximum absolute atomic E-state index is 12.3. The normalized spacial score (nSPS) is 28.6. The molecule has 2 amide bonds. The van der Waals surface area contributed by atoms with E-state index in [1.165, 1.54) is 5.56 Å². The molecule has 1 heterocycles. The number of nitrogens with one attached hydrogen (secondary N) is 1. The fourth-order valence-corrected chi connectivity index (χ4v) is 3.62. The predicted octanol–water partition coefficient (Wildman–Crippen LogP) is 2.56. The number of aliphatic hydroxyl groups is 1. The van der Waals surface area contributed by atoms with Crippen LogP contribution in [0.1, 0.15) is 37.7 Å². The SMILES string of the molecule is O=C(NC1CCC(O)CC1)N1CCC(Cc2ccccc2)C1. The minimum atomic E-state index is -0.171. The third-order valence-corrected chi connectivity index (χ3v) is 4.96. The molecule has 4 heteroatoms. The first-order valence-corrected chi connectivity index (χ1v) is 8.48. The van der Waals surface area contributed by atoms with Crippen molar-refractivity contribution in [2.45, 2.75) is 50.7 Å². The zero-order valence-corrected chi connectivity index (χ0v) is 13.1. The first-order chi connectivity index (χ1) is 10.7. The van der Waals surface area contributed by atoms with E-state index in [1.807, 2.05) is 11.0 Å². The van der Waals surface area contributed by atoms with Crippen LogP contribution >= 0.6 is 0 Å². The van der Waals surface area contributed by atoms with E-state index in [0.717, 1.165) is 51.6 Å². The molecule has 1 aliphatic heterocycles. The third kappa shape index (κ3) is 4.01. The molecule has 1 saturated heterocycles. The molecule has 4 nitrogen and oxygen atoms in total. The molecular weight excluding hydrogens is 276 g/mol. The number of hydrogen-bond donors (Lipinski definition) is 2. The Morgan fingerprint density at radius 3 is 2.59 bits per heavy atom. The van der Waals surface area contributed by atoms with E-state index in [-0.39, 0.29) is 18.2 Å². The molecular formula is C18H26N2O2. The number of hydrogen-bond acceptors (Lipinski definition) is 2. The molecule has 1 aromatic carbocycles. The van der Waals surface area contributed by atoms with Crippen LogP contribution in [0.4, 0.5) is 4.79 Å². The molecule has 0 aromatic heterocycles. The zero-order valence-electron chi connectivity index (χ0n) is 13.1. The van der Waals surface area contributed by atoms with Crippen molar-refractivity contribution in [3.63, 3.8) is 0 Å². The van der Waals surface area contributed by atoms with Gasteiger partial charge in [-0.15, -0.1) is 0 Å². The van der Waals surface area contributed by atoms with Crippen molar-refractivity contribution in [2.24, 2.45) is 5.92 Å². The summed E-state index contributed by atoms with van der Waals surface area (Å²) in [5.74, 6) is 0.571. The van der Waals surface area contributed by atoms with Gasteiger partial charge in [-0.25, -0.2) is 4.79 Å². The maximum atomic E-state index is 12.3. The van der Waals surface area contributed by atoms with E-state index in [1.54, 1.807) is 0 Å². The quantitative estimate of drug-likeness (QED) is 0.901. The van der Waals surface area contributed by atoms with E-state index in [9.17, 15) is 9.90 Å². The number of carbonyl (C=O) groups is 1. The Morgan fingerprint density at radius 1 is 1.14 bits per heavy atom. The summed E-state index contributed by atoms with van der Waals surface area (Å²) in [5, 5.41) is 12.7. The summed E-state index contributed by atoms with van der Waals surface area (Å²) < 4.78 is 0. The van der Waals surface area contributed by atoms with Gasteiger partial charge in [-0.1, -0.05) is 30.3 Å². The van der Waals surface area contributed by atoms with Crippen molar-refractivity contribution in [3.05, 3.63) is 35.9 Å². The number of likely N-dealkylation sites (tertiary alicyclic amines) is 1. The van der Waals surface area contributed by atoms with Crippen molar-refractivity contribution in [3.8, 4) is 0 Å². The minimum absolute atomic E-state index is 0.0805. The van der Waals surface area contributed by atoms with Crippen LogP contribution in [-0.4, -0.2) is 41.3 Å². The van der Waals surface area contributed by atoms with Crippen LogP contribution in [0.5, 0.6) is 0 Å².